The second kappa shape index (κ2) is 7.55. The lowest BCUT2D eigenvalue weighted by molar-refractivity contribution is -0.116. The van der Waals surface area contributed by atoms with E-state index < -0.39 is 0 Å². The quantitative estimate of drug-likeness (QED) is 0.625. The molecule has 1 heterocycles. The van der Waals surface area contributed by atoms with Gasteiger partial charge in [0.15, 0.2) is 0 Å². The van der Waals surface area contributed by atoms with Crippen LogP contribution < -0.4 is 10.1 Å². The molecule has 2 N–H and O–H groups in total. The number of carbonyl (C=O) groups excluding carboxylic acids is 1. The summed E-state index contributed by atoms with van der Waals surface area (Å²) in [5.74, 6) is 0.545. The first-order valence-electron chi connectivity index (χ1n) is 7.44. The van der Waals surface area contributed by atoms with Crippen LogP contribution in [0, 0.1) is 0 Å². The van der Waals surface area contributed by atoms with E-state index in [2.05, 4.69) is 15.3 Å². The summed E-state index contributed by atoms with van der Waals surface area (Å²) in [4.78, 5) is 19.0. The van der Waals surface area contributed by atoms with Gasteiger partial charge in [-0.1, -0.05) is 23.7 Å². The van der Waals surface area contributed by atoms with Gasteiger partial charge in [-0.3, -0.25) is 4.79 Å². The molecule has 7 heteroatoms. The minimum Gasteiger partial charge on any atom is -0.492 e. The molecule has 24 heavy (non-hydrogen) atoms. The number of anilines is 1. The number of para-hydroxylation sites is 1. The Morgan fingerprint density at radius 3 is 2.88 bits per heavy atom. The standard InChI is InChI=1S/C17H15Cl2N3O2/c18-12-4-1-2-5-15(12)24-9-3-6-16(23)20-11-7-8-13-14(10-11)22-17(19)21-13/h1-2,4-5,7-8,10H,3,6,9H2,(H,20,23)(H,21,22). The third kappa shape index (κ3) is 4.19. The van der Waals surface area contributed by atoms with E-state index in [1.165, 1.54) is 0 Å². The number of aromatic amines is 1. The topological polar surface area (TPSA) is 67.0 Å². The molecule has 0 saturated carbocycles. The molecule has 0 saturated heterocycles. The van der Waals surface area contributed by atoms with Crippen LogP contribution >= 0.6 is 23.2 Å². The molecule has 0 fully saturated rings. The van der Waals surface area contributed by atoms with Gasteiger partial charge in [0.25, 0.3) is 0 Å². The maximum atomic E-state index is 12.0. The molecular formula is C17H15Cl2N3O2. The molecule has 3 rings (SSSR count). The van der Waals surface area contributed by atoms with Gasteiger partial charge in [-0.15, -0.1) is 0 Å². The second-order valence-corrected chi connectivity index (χ2v) is 5.96. The van der Waals surface area contributed by atoms with Gasteiger partial charge in [0, 0.05) is 12.1 Å². The number of imidazole rings is 1. The largest absolute Gasteiger partial charge is 0.492 e. The van der Waals surface area contributed by atoms with Gasteiger partial charge in [0.05, 0.1) is 22.7 Å². The molecule has 0 radical (unpaired) electrons. The van der Waals surface area contributed by atoms with E-state index in [1.54, 1.807) is 30.3 Å². The molecule has 0 unspecified atom stereocenters. The van der Waals surface area contributed by atoms with Crippen LogP contribution in [0.15, 0.2) is 42.5 Å². The maximum absolute atomic E-state index is 12.0. The number of amides is 1. The Morgan fingerprint density at radius 1 is 1.21 bits per heavy atom. The van der Waals surface area contributed by atoms with Gasteiger partial charge in [-0.2, -0.15) is 0 Å². The zero-order chi connectivity index (χ0) is 16.9. The zero-order valence-corrected chi connectivity index (χ0v) is 14.2. The maximum Gasteiger partial charge on any atom is 0.224 e. The minimum atomic E-state index is -0.0808. The van der Waals surface area contributed by atoms with E-state index in [-0.39, 0.29) is 5.91 Å². The van der Waals surface area contributed by atoms with Crippen molar-refractivity contribution in [2.75, 3.05) is 11.9 Å². The van der Waals surface area contributed by atoms with Crippen molar-refractivity contribution in [3.8, 4) is 5.75 Å². The molecule has 0 spiro atoms. The molecule has 0 aliphatic rings. The minimum absolute atomic E-state index is 0.0808. The van der Waals surface area contributed by atoms with Crippen LogP contribution in [0.5, 0.6) is 5.75 Å². The number of carbonyl (C=O) groups is 1. The Kier molecular flexibility index (Phi) is 5.23. The van der Waals surface area contributed by atoms with Crippen LogP contribution in [-0.2, 0) is 4.79 Å². The average Bonchev–Trinajstić information content (AvgIpc) is 2.92. The van der Waals surface area contributed by atoms with Crippen molar-refractivity contribution in [1.29, 1.82) is 0 Å². The molecule has 5 nitrogen and oxygen atoms in total. The summed E-state index contributed by atoms with van der Waals surface area (Å²) in [6.07, 6.45) is 0.946. The van der Waals surface area contributed by atoms with E-state index in [0.29, 0.717) is 41.2 Å². The first-order chi connectivity index (χ1) is 11.6. The van der Waals surface area contributed by atoms with Crippen molar-refractivity contribution in [3.63, 3.8) is 0 Å². The molecule has 1 aromatic heterocycles. The number of nitrogens with zero attached hydrogens (tertiary/aromatic N) is 1. The van der Waals surface area contributed by atoms with Gasteiger partial charge in [-0.25, -0.2) is 4.98 Å². The summed E-state index contributed by atoms with van der Waals surface area (Å²) >= 11 is 11.8. The second-order valence-electron chi connectivity index (χ2n) is 5.19. The normalized spacial score (nSPS) is 10.8. The number of fused-ring (bicyclic) bond motifs is 1. The van der Waals surface area contributed by atoms with Crippen LogP contribution in [0.3, 0.4) is 0 Å². The molecule has 0 aliphatic carbocycles. The number of hydrogen-bond acceptors (Lipinski definition) is 3. The van der Waals surface area contributed by atoms with E-state index in [4.69, 9.17) is 27.9 Å². The Balaban J connectivity index is 1.47. The summed E-state index contributed by atoms with van der Waals surface area (Å²) < 4.78 is 5.56. The fourth-order valence-corrected chi connectivity index (χ4v) is 2.64. The third-order valence-corrected chi connectivity index (χ3v) is 3.87. The van der Waals surface area contributed by atoms with Crippen molar-refractivity contribution in [3.05, 3.63) is 52.8 Å². The molecule has 124 valence electrons. The number of nitrogens with one attached hydrogen (secondary N) is 2. The number of ether oxygens (including phenoxy) is 1. The van der Waals surface area contributed by atoms with E-state index in [1.807, 2.05) is 12.1 Å². The van der Waals surface area contributed by atoms with Gasteiger partial charge in [0.1, 0.15) is 5.75 Å². The Labute approximate surface area is 148 Å². The Morgan fingerprint density at radius 2 is 2.04 bits per heavy atom. The number of rotatable bonds is 6. The molecule has 0 bridgehead atoms. The number of aromatic nitrogens is 2. The lowest BCUT2D eigenvalue weighted by Crippen LogP contribution is -2.12. The fourth-order valence-electron chi connectivity index (χ4n) is 2.26. The monoisotopic (exact) mass is 363 g/mol. The van der Waals surface area contributed by atoms with Crippen molar-refractivity contribution >= 4 is 45.8 Å². The summed E-state index contributed by atoms with van der Waals surface area (Å²) in [6, 6.07) is 12.6. The van der Waals surface area contributed by atoms with Crippen LogP contribution in [0.25, 0.3) is 11.0 Å². The molecule has 0 aliphatic heterocycles. The van der Waals surface area contributed by atoms with Crippen molar-refractivity contribution < 1.29 is 9.53 Å². The average molecular weight is 364 g/mol. The van der Waals surface area contributed by atoms with E-state index in [0.717, 1.165) is 11.0 Å². The number of H-pyrrole nitrogens is 1. The number of halogens is 2. The smallest absolute Gasteiger partial charge is 0.224 e. The first-order valence-corrected chi connectivity index (χ1v) is 8.20. The molecule has 0 atom stereocenters. The third-order valence-electron chi connectivity index (χ3n) is 3.38. The van der Waals surface area contributed by atoms with Crippen LogP contribution in [0.4, 0.5) is 5.69 Å². The summed E-state index contributed by atoms with van der Waals surface area (Å²) in [6.45, 7) is 0.423. The van der Waals surface area contributed by atoms with Crippen molar-refractivity contribution in [2.24, 2.45) is 0 Å². The zero-order valence-electron chi connectivity index (χ0n) is 12.7. The highest BCUT2D eigenvalue weighted by Gasteiger charge is 2.06. The highest BCUT2D eigenvalue weighted by Crippen LogP contribution is 2.23. The van der Waals surface area contributed by atoms with Crippen molar-refractivity contribution in [2.45, 2.75) is 12.8 Å². The van der Waals surface area contributed by atoms with Crippen LogP contribution in [0.2, 0.25) is 10.3 Å². The molecule has 2 aromatic carbocycles. The fraction of sp³-hybridized carbons (Fsp3) is 0.176. The Bertz CT molecular complexity index is 864. The number of hydrogen-bond donors (Lipinski definition) is 2. The van der Waals surface area contributed by atoms with Gasteiger partial charge >= 0.3 is 0 Å². The van der Waals surface area contributed by atoms with Crippen LogP contribution in [-0.4, -0.2) is 22.5 Å². The molecule has 3 aromatic rings. The SMILES string of the molecule is O=C(CCCOc1ccccc1Cl)Nc1ccc2nc(Cl)[nH]c2c1. The van der Waals surface area contributed by atoms with Gasteiger partial charge in [-0.05, 0) is 48.4 Å². The summed E-state index contributed by atoms with van der Waals surface area (Å²) in [5, 5.41) is 3.73. The van der Waals surface area contributed by atoms with Crippen molar-refractivity contribution in [1.82, 2.24) is 9.97 Å². The highest BCUT2D eigenvalue weighted by molar-refractivity contribution is 6.32. The number of benzene rings is 2. The molecular weight excluding hydrogens is 349 g/mol. The predicted molar refractivity (Wildman–Crippen MR) is 95.9 cm³/mol. The highest BCUT2D eigenvalue weighted by atomic mass is 35.5. The lowest BCUT2D eigenvalue weighted by Gasteiger charge is -2.08. The molecule has 1 amide bonds. The first kappa shape index (κ1) is 16.6. The summed E-state index contributed by atoms with van der Waals surface area (Å²) in [7, 11) is 0. The van der Waals surface area contributed by atoms with Gasteiger partial charge in [0.2, 0.25) is 11.2 Å². The van der Waals surface area contributed by atoms with Gasteiger partial charge < -0.3 is 15.0 Å². The van der Waals surface area contributed by atoms with E-state index >= 15 is 0 Å². The summed E-state index contributed by atoms with van der Waals surface area (Å²) in [5.41, 5.74) is 2.23. The lowest BCUT2D eigenvalue weighted by atomic mass is 10.2. The predicted octanol–water partition coefficient (Wildman–Crippen LogP) is 4.67. The Hall–Kier alpha value is -2.24. The van der Waals surface area contributed by atoms with E-state index in [9.17, 15) is 4.79 Å². The van der Waals surface area contributed by atoms with Crippen LogP contribution in [0.1, 0.15) is 12.8 Å².